The predicted octanol–water partition coefficient (Wildman–Crippen LogP) is 3.09. The van der Waals surface area contributed by atoms with Crippen LogP contribution in [0.3, 0.4) is 0 Å². The van der Waals surface area contributed by atoms with Gasteiger partial charge in [-0.25, -0.2) is 4.98 Å². The molecular weight excluding hydrogens is 620 g/mol. The molecule has 11 nitrogen and oxygen atoms in total. The Kier molecular flexibility index (Phi) is 11.7. The van der Waals surface area contributed by atoms with Gasteiger partial charge in [-0.1, -0.05) is 73.9 Å². The first-order valence-corrected chi connectivity index (χ1v) is 17.4. The van der Waals surface area contributed by atoms with Crippen molar-refractivity contribution in [2.24, 2.45) is 17.6 Å². The number of hydrogen-bond donors (Lipinski definition) is 5. The van der Waals surface area contributed by atoms with Crippen molar-refractivity contribution in [3.05, 3.63) is 78.0 Å². The van der Waals surface area contributed by atoms with Crippen molar-refractivity contribution in [3.63, 3.8) is 0 Å². The van der Waals surface area contributed by atoms with E-state index in [1.165, 1.54) is 6.42 Å². The predicted molar refractivity (Wildman–Crippen MR) is 188 cm³/mol. The van der Waals surface area contributed by atoms with Gasteiger partial charge in [0.05, 0.1) is 30.1 Å². The zero-order valence-corrected chi connectivity index (χ0v) is 28.7. The van der Waals surface area contributed by atoms with Gasteiger partial charge in [-0.2, -0.15) is 0 Å². The molecule has 2 fully saturated rings. The number of piperidine rings is 1. The maximum Gasteiger partial charge on any atom is 0.270 e. The number of aromatic nitrogens is 1. The number of pyridine rings is 1. The molecule has 1 saturated carbocycles. The monoisotopic (exact) mass is 670 g/mol. The van der Waals surface area contributed by atoms with Crippen molar-refractivity contribution in [3.8, 4) is 0 Å². The number of nitrogens with two attached hydrogens (primary N) is 1. The molecule has 1 unspecified atom stereocenters. The van der Waals surface area contributed by atoms with Crippen molar-refractivity contribution in [2.45, 2.75) is 95.5 Å². The number of likely N-dealkylation sites (tertiary alicyclic amines) is 1. The lowest BCUT2D eigenvalue weighted by Gasteiger charge is -2.47. The first-order valence-electron chi connectivity index (χ1n) is 17.4. The van der Waals surface area contributed by atoms with Crippen LogP contribution in [-0.4, -0.2) is 81.5 Å². The van der Waals surface area contributed by atoms with Crippen LogP contribution in [-0.2, 0) is 20.8 Å². The molecule has 2 aromatic carbocycles. The lowest BCUT2D eigenvalue weighted by atomic mass is 9.72. The maximum atomic E-state index is 13.8. The molecule has 4 amide bonds. The molecule has 0 spiro atoms. The van der Waals surface area contributed by atoms with E-state index in [0.717, 1.165) is 36.6 Å². The van der Waals surface area contributed by atoms with Gasteiger partial charge in [0.2, 0.25) is 17.7 Å². The molecule has 5 rings (SSSR count). The summed E-state index contributed by atoms with van der Waals surface area (Å²) in [5, 5.41) is 21.4. The maximum absolute atomic E-state index is 13.8. The number of carbonyl (C=O) groups is 4. The number of nitrogens with one attached hydrogen (secondary N) is 3. The van der Waals surface area contributed by atoms with E-state index in [-0.39, 0.29) is 24.6 Å². The van der Waals surface area contributed by atoms with Crippen LogP contribution in [0.5, 0.6) is 0 Å². The van der Waals surface area contributed by atoms with Crippen molar-refractivity contribution in [2.75, 3.05) is 13.1 Å². The SMILES string of the molecule is CC(C)(C)NC(=O)[C@@H]1C[C@@H]2CCCC[C@@H]2CN1CC(O)[C@@H](Cc1ccccc1)NC(=O)[C@@H](CC(N)=O)NC(=O)c1ccc2ccccc2n1. The number of para-hydroxylation sites is 1. The highest BCUT2D eigenvalue weighted by atomic mass is 16.3. The van der Waals surface area contributed by atoms with Gasteiger partial charge in [0.15, 0.2) is 0 Å². The summed E-state index contributed by atoms with van der Waals surface area (Å²) >= 11 is 0. The second-order valence-electron chi connectivity index (χ2n) is 14.7. The first kappa shape index (κ1) is 35.9. The fourth-order valence-electron chi connectivity index (χ4n) is 7.26. The van der Waals surface area contributed by atoms with Gasteiger partial charge in [-0.05, 0) is 69.6 Å². The Morgan fingerprint density at radius 3 is 2.35 bits per heavy atom. The summed E-state index contributed by atoms with van der Waals surface area (Å²) in [4.78, 5) is 59.3. The van der Waals surface area contributed by atoms with Crippen LogP contribution in [0.25, 0.3) is 10.9 Å². The highest BCUT2D eigenvalue weighted by molar-refractivity contribution is 5.99. The van der Waals surface area contributed by atoms with Crippen LogP contribution in [0.2, 0.25) is 0 Å². The van der Waals surface area contributed by atoms with Crippen molar-refractivity contribution in [1.82, 2.24) is 25.8 Å². The van der Waals surface area contributed by atoms with Gasteiger partial charge in [0.25, 0.3) is 5.91 Å². The summed E-state index contributed by atoms with van der Waals surface area (Å²) in [6.45, 7) is 6.73. The van der Waals surface area contributed by atoms with E-state index in [9.17, 15) is 24.3 Å². The van der Waals surface area contributed by atoms with E-state index in [1.54, 1.807) is 18.2 Å². The summed E-state index contributed by atoms with van der Waals surface area (Å²) in [6, 6.07) is 17.6. The Morgan fingerprint density at radius 2 is 1.63 bits per heavy atom. The number of aliphatic hydroxyl groups excluding tert-OH is 1. The van der Waals surface area contributed by atoms with Crippen LogP contribution < -0.4 is 21.7 Å². The Morgan fingerprint density at radius 1 is 0.939 bits per heavy atom. The Bertz CT molecular complexity index is 1630. The van der Waals surface area contributed by atoms with Gasteiger partial charge in [0.1, 0.15) is 11.7 Å². The fraction of sp³-hybridized carbons (Fsp3) is 0.500. The van der Waals surface area contributed by atoms with E-state index in [4.69, 9.17) is 5.73 Å². The average Bonchev–Trinajstić information content (AvgIpc) is 3.06. The van der Waals surface area contributed by atoms with Crippen LogP contribution >= 0.6 is 0 Å². The number of carbonyl (C=O) groups excluding carboxylic acids is 4. The Hall–Kier alpha value is -4.35. The molecular formula is C38H50N6O5. The van der Waals surface area contributed by atoms with Gasteiger partial charge >= 0.3 is 0 Å². The molecule has 3 aromatic rings. The third kappa shape index (κ3) is 9.86. The molecule has 0 radical (unpaired) electrons. The number of nitrogens with zero attached hydrogens (tertiary/aromatic N) is 2. The Balaban J connectivity index is 1.35. The third-order valence-corrected chi connectivity index (χ3v) is 9.67. The third-order valence-electron chi connectivity index (χ3n) is 9.67. The minimum atomic E-state index is -1.30. The molecule has 49 heavy (non-hydrogen) atoms. The molecule has 262 valence electrons. The molecule has 2 heterocycles. The largest absolute Gasteiger partial charge is 0.390 e. The highest BCUT2D eigenvalue weighted by Crippen LogP contribution is 2.39. The van der Waals surface area contributed by atoms with E-state index >= 15 is 0 Å². The van der Waals surface area contributed by atoms with E-state index in [0.29, 0.717) is 23.9 Å². The number of primary amides is 1. The summed E-state index contributed by atoms with van der Waals surface area (Å²) in [5.74, 6) is -1.20. The van der Waals surface area contributed by atoms with Crippen LogP contribution in [0.15, 0.2) is 66.7 Å². The zero-order chi connectivity index (χ0) is 35.1. The van der Waals surface area contributed by atoms with Gasteiger partial charge in [-0.3, -0.25) is 24.1 Å². The number of rotatable bonds is 12. The van der Waals surface area contributed by atoms with Crippen LogP contribution in [0.1, 0.15) is 75.3 Å². The minimum absolute atomic E-state index is 0.0566. The molecule has 6 atom stereocenters. The number of aliphatic hydroxyl groups is 1. The van der Waals surface area contributed by atoms with E-state index in [1.807, 2.05) is 69.3 Å². The lowest BCUT2D eigenvalue weighted by Crippen LogP contribution is -2.61. The molecule has 11 heteroatoms. The quantitative estimate of drug-likeness (QED) is 0.198. The Labute approximate surface area is 288 Å². The molecule has 1 aromatic heterocycles. The van der Waals surface area contributed by atoms with E-state index in [2.05, 4.69) is 25.8 Å². The summed E-state index contributed by atoms with van der Waals surface area (Å²) in [7, 11) is 0. The molecule has 1 saturated heterocycles. The standard InChI is InChI=1S/C38H50N6O5/c1-38(2,3)43-37(49)32-20-26-14-7-8-15-27(26)22-44(32)23-33(45)30(19-24-11-5-4-6-12-24)41-36(48)31(21-34(39)46)42-35(47)29-18-17-25-13-9-10-16-28(25)40-29/h4-6,9-13,16-18,26-27,30-33,45H,7-8,14-15,19-23H2,1-3H3,(H2,39,46)(H,41,48)(H,42,47)(H,43,49)/t26-,27+,30+,31+,32-,33?/m0/s1. The normalized spacial score (nSPS) is 21.5. The summed E-state index contributed by atoms with van der Waals surface area (Å²) in [5.41, 5.74) is 6.70. The number of hydrogen-bond acceptors (Lipinski definition) is 7. The van der Waals surface area contributed by atoms with Gasteiger partial charge < -0.3 is 26.8 Å². The molecule has 1 aliphatic carbocycles. The van der Waals surface area contributed by atoms with Crippen molar-refractivity contribution >= 4 is 34.5 Å². The smallest absolute Gasteiger partial charge is 0.270 e. The van der Waals surface area contributed by atoms with Crippen LogP contribution in [0.4, 0.5) is 0 Å². The van der Waals surface area contributed by atoms with E-state index < -0.39 is 53.9 Å². The lowest BCUT2D eigenvalue weighted by molar-refractivity contribution is -0.133. The number of β-amino-alcohol motifs (C(OH)–C–C–N with tert-alkyl or cyclic N) is 1. The zero-order valence-electron chi connectivity index (χ0n) is 28.7. The molecule has 6 N–H and O–H groups in total. The first-order chi connectivity index (χ1) is 23.4. The van der Waals surface area contributed by atoms with Gasteiger partial charge in [0, 0.05) is 24.0 Å². The fourth-order valence-corrected chi connectivity index (χ4v) is 7.26. The van der Waals surface area contributed by atoms with Gasteiger partial charge in [-0.15, -0.1) is 0 Å². The highest BCUT2D eigenvalue weighted by Gasteiger charge is 2.42. The molecule has 1 aliphatic heterocycles. The summed E-state index contributed by atoms with van der Waals surface area (Å²) in [6.07, 6.45) is 4.03. The summed E-state index contributed by atoms with van der Waals surface area (Å²) < 4.78 is 0. The average molecular weight is 671 g/mol. The topological polar surface area (TPSA) is 167 Å². The second kappa shape index (κ2) is 15.9. The second-order valence-corrected chi connectivity index (χ2v) is 14.7. The molecule has 2 aliphatic rings. The van der Waals surface area contributed by atoms with Crippen molar-refractivity contribution < 1.29 is 24.3 Å². The number of fused-ring (bicyclic) bond motifs is 2. The van der Waals surface area contributed by atoms with Crippen LogP contribution in [0, 0.1) is 11.8 Å². The molecule has 0 bridgehead atoms. The van der Waals surface area contributed by atoms with Crippen molar-refractivity contribution in [1.29, 1.82) is 0 Å². The number of benzene rings is 2. The number of amides is 4. The minimum Gasteiger partial charge on any atom is -0.390 e.